The lowest BCUT2D eigenvalue weighted by Crippen LogP contribution is -2.56. The molecule has 5 fully saturated rings. The van der Waals surface area contributed by atoms with Crippen LogP contribution >= 0.6 is 11.8 Å². The van der Waals surface area contributed by atoms with Gasteiger partial charge in [-0.1, -0.05) is 40.5 Å². The van der Waals surface area contributed by atoms with Gasteiger partial charge in [-0.2, -0.15) is 0 Å². The third kappa shape index (κ3) is 5.33. The van der Waals surface area contributed by atoms with Gasteiger partial charge in [-0.05, 0) is 92.8 Å². The number of thioether (sulfide) groups is 1. The van der Waals surface area contributed by atoms with E-state index < -0.39 is 5.97 Å². The number of Topliss-reactive ketones (excluding diaryl/α,β-unsaturated/α-hetero) is 1. The van der Waals surface area contributed by atoms with Crippen LogP contribution in [-0.4, -0.2) is 33.3 Å². The molecule has 5 rings (SSSR count). The van der Waals surface area contributed by atoms with Gasteiger partial charge in [0.25, 0.3) is 0 Å². The zero-order valence-corrected chi connectivity index (χ0v) is 23.5. The Morgan fingerprint density at radius 2 is 1.71 bits per heavy atom. The number of aliphatic carboxylic acids is 1. The van der Waals surface area contributed by atoms with Gasteiger partial charge in [0.2, 0.25) is 6.41 Å². The lowest BCUT2D eigenvalue weighted by Gasteiger charge is -2.59. The number of fused-ring (bicyclic) bond motifs is 5. The summed E-state index contributed by atoms with van der Waals surface area (Å²) in [6.07, 6.45) is 14.2. The van der Waals surface area contributed by atoms with Crippen LogP contribution in [0.1, 0.15) is 112 Å². The molecule has 0 aromatic heterocycles. The number of primary amides is 1. The number of amides is 1. The van der Waals surface area contributed by atoms with Crippen molar-refractivity contribution in [3.8, 4) is 0 Å². The van der Waals surface area contributed by atoms with Crippen LogP contribution in [-0.2, 0) is 14.4 Å². The standard InChI is InChI=1S/C26H40O3S.C2H6.CH3NO/c1-24-11-5-4-6-17(24)14-20(27)23-18-8-7-16(25(18,2)12-10-19(23)24)9-13-26(3)21(30-26)15-22(28)29;1-2;2-1-3/h16-19,21,23H,4-15H2,1-3H3,(H,28,29);1-2H3;1H,(H2,2,3). The summed E-state index contributed by atoms with van der Waals surface area (Å²) in [5, 5.41) is 9.43. The average molecular weight is 508 g/mol. The van der Waals surface area contributed by atoms with E-state index in [1.54, 1.807) is 0 Å². The van der Waals surface area contributed by atoms with Crippen molar-refractivity contribution in [2.45, 2.75) is 122 Å². The summed E-state index contributed by atoms with van der Waals surface area (Å²) in [6, 6.07) is 0. The number of carbonyl (C=O) groups is 3. The highest BCUT2D eigenvalue weighted by molar-refractivity contribution is 8.08. The van der Waals surface area contributed by atoms with Crippen LogP contribution in [0.4, 0.5) is 0 Å². The van der Waals surface area contributed by atoms with Crippen LogP contribution in [0.15, 0.2) is 0 Å². The molecule has 1 saturated heterocycles. The van der Waals surface area contributed by atoms with E-state index in [2.05, 4.69) is 26.5 Å². The number of hydrogen-bond donors (Lipinski definition) is 2. The topological polar surface area (TPSA) is 97.5 Å². The van der Waals surface area contributed by atoms with Crippen molar-refractivity contribution in [3.63, 3.8) is 0 Å². The fourth-order valence-corrected chi connectivity index (χ4v) is 10.2. The monoisotopic (exact) mass is 507 g/mol. The third-order valence-corrected chi connectivity index (χ3v) is 12.7. The molecule has 1 heterocycles. The van der Waals surface area contributed by atoms with E-state index in [0.717, 1.165) is 18.8 Å². The van der Waals surface area contributed by atoms with Crippen LogP contribution in [0.5, 0.6) is 0 Å². The smallest absolute Gasteiger partial charge is 0.304 e. The maximum absolute atomic E-state index is 13.4. The van der Waals surface area contributed by atoms with Crippen LogP contribution < -0.4 is 5.73 Å². The third-order valence-electron chi connectivity index (χ3n) is 11.0. The molecular formula is C29H49NO4S. The van der Waals surface area contributed by atoms with Crippen molar-refractivity contribution < 1.29 is 19.5 Å². The van der Waals surface area contributed by atoms with Crippen molar-refractivity contribution in [2.75, 3.05) is 0 Å². The first kappa shape index (κ1) is 28.5. The van der Waals surface area contributed by atoms with Gasteiger partial charge < -0.3 is 10.8 Å². The number of nitrogens with two attached hydrogens (primary N) is 1. The molecule has 0 radical (unpaired) electrons. The number of carboxylic acid groups (broad SMARTS) is 1. The second-order valence-electron chi connectivity index (χ2n) is 12.4. The molecule has 6 heteroatoms. The first-order valence-corrected chi connectivity index (χ1v) is 15.0. The minimum absolute atomic E-state index is 0.174. The Kier molecular flexibility index (Phi) is 9.09. The number of carboxylic acids is 1. The van der Waals surface area contributed by atoms with E-state index in [-0.39, 0.29) is 11.2 Å². The summed E-state index contributed by atoms with van der Waals surface area (Å²) in [7, 11) is 0. The molecule has 0 aromatic carbocycles. The summed E-state index contributed by atoms with van der Waals surface area (Å²) in [5.74, 6) is 2.90. The molecule has 4 saturated carbocycles. The molecule has 5 aliphatic rings. The Bertz CT molecular complexity index is 789. The predicted molar refractivity (Wildman–Crippen MR) is 143 cm³/mol. The maximum atomic E-state index is 13.4. The molecule has 35 heavy (non-hydrogen) atoms. The number of carbonyl (C=O) groups excluding carboxylic acids is 2. The highest BCUT2D eigenvalue weighted by Gasteiger charge is 2.62. The number of hydrogen-bond acceptors (Lipinski definition) is 4. The molecule has 3 N–H and O–H groups in total. The highest BCUT2D eigenvalue weighted by Crippen LogP contribution is 2.68. The molecule has 0 spiro atoms. The Morgan fingerprint density at radius 3 is 2.37 bits per heavy atom. The second-order valence-corrected chi connectivity index (χ2v) is 14.1. The van der Waals surface area contributed by atoms with E-state index in [1.165, 1.54) is 57.8 Å². The Morgan fingerprint density at radius 1 is 1.06 bits per heavy atom. The van der Waals surface area contributed by atoms with Crippen molar-refractivity contribution >= 4 is 29.9 Å². The minimum Gasteiger partial charge on any atom is -0.481 e. The summed E-state index contributed by atoms with van der Waals surface area (Å²) < 4.78 is 0.174. The summed E-state index contributed by atoms with van der Waals surface area (Å²) in [4.78, 5) is 33.1. The largest absolute Gasteiger partial charge is 0.481 e. The average Bonchev–Trinajstić information content (AvgIpc) is 3.30. The Hall–Kier alpha value is -1.04. The van der Waals surface area contributed by atoms with Gasteiger partial charge in [-0.15, -0.1) is 11.8 Å². The van der Waals surface area contributed by atoms with E-state index in [9.17, 15) is 9.59 Å². The lowest BCUT2D eigenvalue weighted by molar-refractivity contribution is -0.155. The minimum atomic E-state index is -0.659. The van der Waals surface area contributed by atoms with Gasteiger partial charge in [0, 0.05) is 22.3 Å². The molecule has 4 aliphatic carbocycles. The van der Waals surface area contributed by atoms with Crippen molar-refractivity contribution in [1.82, 2.24) is 0 Å². The van der Waals surface area contributed by atoms with Crippen LogP contribution in [0.3, 0.4) is 0 Å². The van der Waals surface area contributed by atoms with E-state index in [4.69, 9.17) is 9.90 Å². The molecule has 200 valence electrons. The fourth-order valence-electron chi connectivity index (χ4n) is 8.93. The Balaban J connectivity index is 0.000000638. The van der Waals surface area contributed by atoms with E-state index >= 15 is 0 Å². The van der Waals surface area contributed by atoms with Crippen molar-refractivity contribution in [3.05, 3.63) is 0 Å². The van der Waals surface area contributed by atoms with Crippen LogP contribution in [0.2, 0.25) is 0 Å². The first-order valence-electron chi connectivity index (χ1n) is 14.2. The molecular weight excluding hydrogens is 458 g/mol. The summed E-state index contributed by atoms with van der Waals surface area (Å²) >= 11 is 1.87. The SMILES string of the molecule is CC.CC1(CCC2CCC3C4C(=O)CC5CCCCC5(C)C4CCC23C)SC1CC(=O)O.NC=O. The van der Waals surface area contributed by atoms with Gasteiger partial charge in [0.1, 0.15) is 5.78 Å². The zero-order valence-electron chi connectivity index (χ0n) is 22.7. The number of ketones is 1. The van der Waals surface area contributed by atoms with Gasteiger partial charge in [-0.25, -0.2) is 0 Å². The van der Waals surface area contributed by atoms with E-state index in [1.807, 2.05) is 25.6 Å². The first-order chi connectivity index (χ1) is 16.6. The molecule has 0 aromatic rings. The van der Waals surface area contributed by atoms with Gasteiger partial charge in [0.15, 0.2) is 0 Å². The van der Waals surface area contributed by atoms with E-state index in [0.29, 0.717) is 52.0 Å². The predicted octanol–water partition coefficient (Wildman–Crippen LogP) is 6.47. The quantitative estimate of drug-likeness (QED) is 0.328. The number of rotatable bonds is 5. The normalized spacial score (nSPS) is 45.3. The fraction of sp³-hybridized carbons (Fsp3) is 0.897. The summed E-state index contributed by atoms with van der Waals surface area (Å²) in [6.45, 7) is 11.3. The summed E-state index contributed by atoms with van der Waals surface area (Å²) in [5.41, 5.74) is 4.91. The van der Waals surface area contributed by atoms with Gasteiger partial charge in [0.05, 0.1) is 6.42 Å². The molecule has 5 nitrogen and oxygen atoms in total. The van der Waals surface area contributed by atoms with Crippen molar-refractivity contribution in [1.29, 1.82) is 0 Å². The molecule has 9 unspecified atom stereocenters. The van der Waals surface area contributed by atoms with Crippen LogP contribution in [0, 0.1) is 40.4 Å². The highest BCUT2D eigenvalue weighted by atomic mass is 32.2. The molecule has 0 bridgehead atoms. The van der Waals surface area contributed by atoms with Crippen LogP contribution in [0.25, 0.3) is 0 Å². The zero-order chi connectivity index (χ0) is 26.0. The van der Waals surface area contributed by atoms with Gasteiger partial charge >= 0.3 is 5.97 Å². The lowest BCUT2D eigenvalue weighted by atomic mass is 9.44. The molecule has 1 aliphatic heterocycles. The second kappa shape index (κ2) is 11.1. The molecule has 1 amide bonds. The Labute approximate surface area is 217 Å². The molecule has 9 atom stereocenters. The maximum Gasteiger partial charge on any atom is 0.304 e. The van der Waals surface area contributed by atoms with Crippen molar-refractivity contribution in [2.24, 2.45) is 46.2 Å². The van der Waals surface area contributed by atoms with Gasteiger partial charge in [-0.3, -0.25) is 14.4 Å².